The number of carbonyl (C=O) groups is 1. The van der Waals surface area contributed by atoms with Gasteiger partial charge in [-0.05, 0) is 33.0 Å². The van der Waals surface area contributed by atoms with E-state index in [2.05, 4.69) is 33.8 Å². The molecule has 0 aromatic carbocycles. The highest BCUT2D eigenvalue weighted by Crippen LogP contribution is 2.31. The van der Waals surface area contributed by atoms with Gasteiger partial charge in [-0.25, -0.2) is 0 Å². The molecule has 3 rings (SSSR count). The zero-order chi connectivity index (χ0) is 19.9. The van der Waals surface area contributed by atoms with Gasteiger partial charge in [-0.2, -0.15) is 5.10 Å². The van der Waals surface area contributed by atoms with Gasteiger partial charge in [0.2, 0.25) is 5.91 Å². The first-order valence-corrected chi connectivity index (χ1v) is 10.9. The van der Waals surface area contributed by atoms with Crippen LogP contribution in [-0.4, -0.2) is 89.4 Å². The summed E-state index contributed by atoms with van der Waals surface area (Å²) in [5, 5.41) is 4.37. The molecule has 7 heteroatoms. The largest absolute Gasteiger partial charge is 0.373 e. The van der Waals surface area contributed by atoms with Crippen LogP contribution in [-0.2, 0) is 16.6 Å². The molecule has 7 nitrogen and oxygen atoms in total. The highest BCUT2D eigenvalue weighted by atomic mass is 16.5. The molecule has 2 saturated heterocycles. The Morgan fingerprint density at radius 1 is 1.18 bits per heavy atom. The smallest absolute Gasteiger partial charge is 0.223 e. The molecule has 0 bridgehead atoms. The number of aryl methyl sites for hydroxylation is 1. The molecule has 2 fully saturated rings. The molecule has 0 radical (unpaired) electrons. The van der Waals surface area contributed by atoms with Crippen LogP contribution in [0.2, 0.25) is 0 Å². The van der Waals surface area contributed by atoms with Crippen LogP contribution in [0.5, 0.6) is 0 Å². The first-order chi connectivity index (χ1) is 13.6. The Kier molecular flexibility index (Phi) is 7.88. The molecule has 2 atom stereocenters. The number of morpholine rings is 1. The monoisotopic (exact) mass is 391 g/mol. The van der Waals surface area contributed by atoms with Gasteiger partial charge in [0.25, 0.3) is 0 Å². The predicted molar refractivity (Wildman–Crippen MR) is 110 cm³/mol. The molecule has 1 aromatic heterocycles. The standard InChI is InChI=1S/C21H37N5O2/c1-4-5-6-8-20(27)26-13-14-28-19(21(26)18-15-22-24(3)16-18)17-25-10-7-9-23(2)11-12-25/h15-16,19,21H,4-14,17H2,1-3H3/t19-,21-/m0/s1. The summed E-state index contributed by atoms with van der Waals surface area (Å²) in [5.74, 6) is 0.256. The van der Waals surface area contributed by atoms with Crippen LogP contribution in [0.1, 0.15) is 50.6 Å². The number of nitrogens with zero attached hydrogens (tertiary/aromatic N) is 5. The average Bonchev–Trinajstić information content (AvgIpc) is 3.01. The van der Waals surface area contributed by atoms with Gasteiger partial charge in [0.05, 0.1) is 24.9 Å². The van der Waals surface area contributed by atoms with Gasteiger partial charge in [-0.15, -0.1) is 0 Å². The zero-order valence-electron chi connectivity index (χ0n) is 17.8. The van der Waals surface area contributed by atoms with Crippen LogP contribution in [0.15, 0.2) is 12.4 Å². The van der Waals surface area contributed by atoms with Gasteiger partial charge in [0, 0.05) is 51.4 Å². The van der Waals surface area contributed by atoms with Crippen molar-refractivity contribution in [1.29, 1.82) is 0 Å². The van der Waals surface area contributed by atoms with Gasteiger partial charge >= 0.3 is 0 Å². The molecule has 0 unspecified atom stereocenters. The van der Waals surface area contributed by atoms with Gasteiger partial charge < -0.3 is 14.5 Å². The Hall–Kier alpha value is -1.44. The lowest BCUT2D eigenvalue weighted by Crippen LogP contribution is -2.52. The lowest BCUT2D eigenvalue weighted by molar-refractivity contribution is -0.148. The van der Waals surface area contributed by atoms with E-state index < -0.39 is 0 Å². The second-order valence-corrected chi connectivity index (χ2v) is 8.30. The SMILES string of the molecule is CCCCCC(=O)N1CCO[C@@H](CN2CCCN(C)CC2)[C@@H]1c1cnn(C)c1. The normalized spacial score (nSPS) is 25.0. The number of rotatable bonds is 7. The van der Waals surface area contributed by atoms with E-state index in [9.17, 15) is 4.79 Å². The molecule has 0 spiro atoms. The summed E-state index contributed by atoms with van der Waals surface area (Å²) in [7, 11) is 4.12. The molecule has 2 aliphatic rings. The number of ether oxygens (including phenoxy) is 1. The van der Waals surface area contributed by atoms with Crippen molar-refractivity contribution >= 4 is 5.91 Å². The van der Waals surface area contributed by atoms with Crippen LogP contribution < -0.4 is 0 Å². The summed E-state index contributed by atoms with van der Waals surface area (Å²) in [6.07, 6.45) is 8.95. The summed E-state index contributed by atoms with van der Waals surface area (Å²) >= 11 is 0. The van der Waals surface area contributed by atoms with E-state index in [4.69, 9.17) is 4.74 Å². The topological polar surface area (TPSA) is 53.8 Å². The summed E-state index contributed by atoms with van der Waals surface area (Å²) in [6, 6.07) is -0.0439. The van der Waals surface area contributed by atoms with Crippen molar-refractivity contribution in [3.05, 3.63) is 18.0 Å². The Morgan fingerprint density at radius 3 is 2.79 bits per heavy atom. The van der Waals surface area contributed by atoms with Crippen molar-refractivity contribution in [2.45, 2.75) is 51.2 Å². The summed E-state index contributed by atoms with van der Waals surface area (Å²) in [4.78, 5) is 20.0. The molecular weight excluding hydrogens is 354 g/mol. The molecule has 3 heterocycles. The minimum absolute atomic E-state index is 0.00326. The van der Waals surface area contributed by atoms with E-state index in [0.717, 1.165) is 57.5 Å². The summed E-state index contributed by atoms with van der Waals surface area (Å²) in [5.41, 5.74) is 1.09. The van der Waals surface area contributed by atoms with Crippen LogP contribution in [0.3, 0.4) is 0 Å². The van der Waals surface area contributed by atoms with E-state index in [1.54, 1.807) is 0 Å². The van der Waals surface area contributed by atoms with Crippen molar-refractivity contribution in [2.75, 3.05) is 52.9 Å². The maximum atomic E-state index is 13.0. The van der Waals surface area contributed by atoms with Crippen molar-refractivity contribution in [2.24, 2.45) is 7.05 Å². The molecule has 1 aromatic rings. The second-order valence-electron chi connectivity index (χ2n) is 8.30. The third-order valence-electron chi connectivity index (χ3n) is 5.98. The number of carbonyl (C=O) groups excluding carboxylic acids is 1. The first kappa shape index (κ1) is 21.3. The minimum Gasteiger partial charge on any atom is -0.373 e. The number of aromatic nitrogens is 2. The quantitative estimate of drug-likeness (QED) is 0.665. The summed E-state index contributed by atoms with van der Waals surface area (Å²) < 4.78 is 8.07. The van der Waals surface area contributed by atoms with Crippen LogP contribution >= 0.6 is 0 Å². The minimum atomic E-state index is -0.0439. The average molecular weight is 392 g/mol. The Morgan fingerprint density at radius 2 is 2.04 bits per heavy atom. The van der Waals surface area contributed by atoms with Crippen molar-refractivity contribution in [3.8, 4) is 0 Å². The molecule has 1 amide bonds. The predicted octanol–water partition coefficient (Wildman–Crippen LogP) is 1.91. The molecule has 28 heavy (non-hydrogen) atoms. The van der Waals surface area contributed by atoms with Crippen molar-refractivity contribution in [1.82, 2.24) is 24.5 Å². The molecule has 158 valence electrons. The Bertz CT molecular complexity index is 620. The molecule has 2 aliphatic heterocycles. The lowest BCUT2D eigenvalue weighted by atomic mass is 9.99. The van der Waals surface area contributed by atoms with E-state index >= 15 is 0 Å². The maximum Gasteiger partial charge on any atom is 0.223 e. The fourth-order valence-electron chi connectivity index (χ4n) is 4.36. The Balaban J connectivity index is 1.74. The lowest BCUT2D eigenvalue weighted by Gasteiger charge is -2.42. The highest BCUT2D eigenvalue weighted by Gasteiger charge is 2.37. The van der Waals surface area contributed by atoms with Crippen LogP contribution in [0, 0.1) is 0 Å². The number of amides is 1. The van der Waals surface area contributed by atoms with Crippen molar-refractivity contribution < 1.29 is 9.53 Å². The van der Waals surface area contributed by atoms with Gasteiger partial charge in [0.15, 0.2) is 0 Å². The van der Waals surface area contributed by atoms with Gasteiger partial charge in [-0.1, -0.05) is 19.8 Å². The fraction of sp³-hybridized carbons (Fsp3) is 0.810. The van der Waals surface area contributed by atoms with E-state index in [0.29, 0.717) is 19.6 Å². The molecule has 0 N–H and O–H groups in total. The van der Waals surface area contributed by atoms with Gasteiger partial charge in [0.1, 0.15) is 0 Å². The van der Waals surface area contributed by atoms with E-state index in [1.807, 2.05) is 24.1 Å². The highest BCUT2D eigenvalue weighted by molar-refractivity contribution is 5.77. The molecule has 0 aliphatic carbocycles. The number of likely N-dealkylation sites (N-methyl/N-ethyl adjacent to an activating group) is 1. The second kappa shape index (κ2) is 10.4. The third kappa shape index (κ3) is 5.55. The van der Waals surface area contributed by atoms with E-state index in [-0.39, 0.29) is 18.1 Å². The number of hydrogen-bond acceptors (Lipinski definition) is 5. The van der Waals surface area contributed by atoms with E-state index in [1.165, 1.54) is 6.42 Å². The first-order valence-electron chi connectivity index (χ1n) is 10.9. The van der Waals surface area contributed by atoms with Crippen LogP contribution in [0.4, 0.5) is 0 Å². The third-order valence-corrected chi connectivity index (χ3v) is 5.98. The zero-order valence-corrected chi connectivity index (χ0v) is 17.8. The number of hydrogen-bond donors (Lipinski definition) is 0. The molecule has 0 saturated carbocycles. The number of unbranched alkanes of at least 4 members (excludes halogenated alkanes) is 2. The summed E-state index contributed by atoms with van der Waals surface area (Å²) in [6.45, 7) is 8.71. The Labute approximate surface area is 169 Å². The fourth-order valence-corrected chi connectivity index (χ4v) is 4.36. The maximum absolute atomic E-state index is 13.0. The van der Waals surface area contributed by atoms with Crippen molar-refractivity contribution in [3.63, 3.8) is 0 Å². The molecular formula is C21H37N5O2. The van der Waals surface area contributed by atoms with Crippen LogP contribution in [0.25, 0.3) is 0 Å². The van der Waals surface area contributed by atoms with Gasteiger partial charge in [-0.3, -0.25) is 14.4 Å².